The van der Waals surface area contributed by atoms with E-state index in [-0.39, 0.29) is 11.9 Å². The van der Waals surface area contributed by atoms with Crippen molar-refractivity contribution in [2.45, 2.75) is 58.8 Å². The van der Waals surface area contributed by atoms with Gasteiger partial charge in [0.15, 0.2) is 0 Å². The number of rotatable bonds is 6. The first-order valence-corrected chi connectivity index (χ1v) is 11.1. The molecule has 1 N–H and O–H groups in total. The molecule has 1 amide bonds. The molecule has 0 bridgehead atoms. The molecule has 154 valence electrons. The van der Waals surface area contributed by atoms with Gasteiger partial charge in [0, 0.05) is 11.0 Å². The van der Waals surface area contributed by atoms with Crippen LogP contribution in [-0.2, 0) is 16.0 Å². The number of ether oxygens (including phenoxy) is 1. The minimum absolute atomic E-state index is 0.241. The molecule has 2 aromatic rings. The van der Waals surface area contributed by atoms with Crippen LogP contribution in [-0.4, -0.2) is 18.5 Å². The SMILES string of the molecule is CCOC(=O)c1c(NC(=O)C=Cc2ccc(C(C)C)cc2)sc2c1C(C)CCC2. The van der Waals surface area contributed by atoms with E-state index in [2.05, 4.69) is 38.2 Å². The van der Waals surface area contributed by atoms with Gasteiger partial charge in [-0.05, 0) is 60.8 Å². The minimum Gasteiger partial charge on any atom is -0.462 e. The average Bonchev–Trinajstić information content (AvgIpc) is 3.06. The number of hydrogen-bond donors (Lipinski definition) is 1. The number of aryl methyl sites for hydroxylation is 1. The van der Waals surface area contributed by atoms with E-state index in [1.165, 1.54) is 27.9 Å². The van der Waals surface area contributed by atoms with Gasteiger partial charge in [0.05, 0.1) is 12.2 Å². The molecule has 1 unspecified atom stereocenters. The van der Waals surface area contributed by atoms with E-state index < -0.39 is 0 Å². The molecule has 0 saturated carbocycles. The highest BCUT2D eigenvalue weighted by atomic mass is 32.1. The summed E-state index contributed by atoms with van der Waals surface area (Å²) < 4.78 is 5.28. The van der Waals surface area contributed by atoms with Crippen molar-refractivity contribution in [1.29, 1.82) is 0 Å². The first-order chi connectivity index (χ1) is 13.9. The summed E-state index contributed by atoms with van der Waals surface area (Å²) in [5, 5.41) is 3.52. The number of esters is 1. The number of carbonyl (C=O) groups excluding carboxylic acids is 2. The van der Waals surface area contributed by atoms with Crippen LogP contribution in [0.15, 0.2) is 30.3 Å². The highest BCUT2D eigenvalue weighted by molar-refractivity contribution is 7.17. The lowest BCUT2D eigenvalue weighted by Crippen LogP contribution is -2.15. The van der Waals surface area contributed by atoms with Crippen LogP contribution < -0.4 is 5.32 Å². The Morgan fingerprint density at radius 3 is 2.66 bits per heavy atom. The van der Waals surface area contributed by atoms with Crippen molar-refractivity contribution in [1.82, 2.24) is 0 Å². The fourth-order valence-electron chi connectivity index (χ4n) is 3.72. The van der Waals surface area contributed by atoms with Crippen molar-refractivity contribution in [3.63, 3.8) is 0 Å². The number of thiophene rings is 1. The second kappa shape index (κ2) is 9.40. The monoisotopic (exact) mass is 411 g/mol. The molecule has 1 aromatic heterocycles. The molecule has 0 radical (unpaired) electrons. The summed E-state index contributed by atoms with van der Waals surface area (Å²) in [7, 11) is 0. The molecule has 1 heterocycles. The van der Waals surface area contributed by atoms with E-state index in [0.717, 1.165) is 30.4 Å². The van der Waals surface area contributed by atoms with Crippen LogP contribution in [0.3, 0.4) is 0 Å². The van der Waals surface area contributed by atoms with Crippen LogP contribution in [0, 0.1) is 0 Å². The second-order valence-corrected chi connectivity index (χ2v) is 8.91. The maximum Gasteiger partial charge on any atom is 0.341 e. The van der Waals surface area contributed by atoms with E-state index in [1.807, 2.05) is 12.1 Å². The third-order valence-corrected chi connectivity index (χ3v) is 6.48. The zero-order chi connectivity index (χ0) is 21.0. The Labute approximate surface area is 177 Å². The smallest absolute Gasteiger partial charge is 0.341 e. The van der Waals surface area contributed by atoms with Crippen molar-refractivity contribution in [2.24, 2.45) is 0 Å². The standard InChI is InChI=1S/C24H29NO3S/c1-5-28-24(27)22-21-16(4)7-6-8-19(21)29-23(22)25-20(26)14-11-17-9-12-18(13-10-17)15(2)3/h9-16H,5-8H2,1-4H3,(H,25,26). The molecule has 5 heteroatoms. The topological polar surface area (TPSA) is 55.4 Å². The first-order valence-electron chi connectivity index (χ1n) is 10.3. The zero-order valence-corrected chi connectivity index (χ0v) is 18.4. The average molecular weight is 412 g/mol. The first kappa shape index (κ1) is 21.3. The summed E-state index contributed by atoms with van der Waals surface area (Å²) in [5.41, 5.74) is 3.84. The van der Waals surface area contributed by atoms with Gasteiger partial charge in [-0.15, -0.1) is 11.3 Å². The Hall–Kier alpha value is -2.40. The Morgan fingerprint density at radius 2 is 2.00 bits per heavy atom. The summed E-state index contributed by atoms with van der Waals surface area (Å²) in [6.45, 7) is 8.56. The maximum atomic E-state index is 12.6. The lowest BCUT2D eigenvalue weighted by atomic mass is 9.86. The molecular formula is C24H29NO3S. The summed E-state index contributed by atoms with van der Waals surface area (Å²) >= 11 is 1.51. The van der Waals surface area contributed by atoms with E-state index in [0.29, 0.717) is 29.0 Å². The molecule has 0 spiro atoms. The molecule has 1 atom stereocenters. The van der Waals surface area contributed by atoms with Crippen LogP contribution in [0.5, 0.6) is 0 Å². The third kappa shape index (κ3) is 4.96. The Kier molecular flexibility index (Phi) is 6.91. The van der Waals surface area contributed by atoms with Gasteiger partial charge in [-0.25, -0.2) is 4.79 Å². The number of fused-ring (bicyclic) bond motifs is 1. The third-order valence-electron chi connectivity index (χ3n) is 5.30. The molecule has 29 heavy (non-hydrogen) atoms. The lowest BCUT2D eigenvalue weighted by molar-refractivity contribution is -0.111. The minimum atomic E-state index is -0.345. The van der Waals surface area contributed by atoms with Crippen molar-refractivity contribution in [3.8, 4) is 0 Å². The van der Waals surface area contributed by atoms with E-state index in [4.69, 9.17) is 4.74 Å². The van der Waals surface area contributed by atoms with Gasteiger partial charge in [0.25, 0.3) is 0 Å². The Morgan fingerprint density at radius 1 is 1.28 bits per heavy atom. The number of hydrogen-bond acceptors (Lipinski definition) is 4. The molecule has 0 saturated heterocycles. The fraction of sp³-hybridized carbons (Fsp3) is 0.417. The Balaban J connectivity index is 1.80. The number of nitrogens with one attached hydrogen (secondary N) is 1. The highest BCUT2D eigenvalue weighted by Gasteiger charge is 2.30. The van der Waals surface area contributed by atoms with Crippen LogP contribution >= 0.6 is 11.3 Å². The van der Waals surface area contributed by atoms with Crippen molar-refractivity contribution < 1.29 is 14.3 Å². The van der Waals surface area contributed by atoms with Crippen molar-refractivity contribution >= 4 is 34.3 Å². The molecule has 4 nitrogen and oxygen atoms in total. The predicted molar refractivity (Wildman–Crippen MR) is 120 cm³/mol. The number of anilines is 1. The van der Waals surface area contributed by atoms with E-state index in [9.17, 15) is 9.59 Å². The fourth-order valence-corrected chi connectivity index (χ4v) is 5.08. The lowest BCUT2D eigenvalue weighted by Gasteiger charge is -2.19. The number of carbonyl (C=O) groups is 2. The van der Waals surface area contributed by atoms with Crippen LogP contribution in [0.4, 0.5) is 5.00 Å². The van der Waals surface area contributed by atoms with Crippen LogP contribution in [0.2, 0.25) is 0 Å². The summed E-state index contributed by atoms with van der Waals surface area (Å²) in [6.07, 6.45) is 6.41. The second-order valence-electron chi connectivity index (χ2n) is 7.80. The Bertz CT molecular complexity index is 909. The van der Waals surface area contributed by atoms with E-state index >= 15 is 0 Å². The van der Waals surface area contributed by atoms with Gasteiger partial charge in [-0.1, -0.05) is 45.0 Å². The summed E-state index contributed by atoms with van der Waals surface area (Å²) in [6, 6.07) is 8.18. The predicted octanol–water partition coefficient (Wildman–Crippen LogP) is 6.14. The quantitative estimate of drug-likeness (QED) is 0.459. The van der Waals surface area contributed by atoms with Gasteiger partial charge in [-0.2, -0.15) is 0 Å². The van der Waals surface area contributed by atoms with Crippen LogP contribution in [0.25, 0.3) is 6.08 Å². The summed E-state index contributed by atoms with van der Waals surface area (Å²) in [5.74, 6) is 0.192. The van der Waals surface area contributed by atoms with Gasteiger partial charge < -0.3 is 10.1 Å². The molecule has 1 aromatic carbocycles. The largest absolute Gasteiger partial charge is 0.462 e. The van der Waals surface area contributed by atoms with Crippen molar-refractivity contribution in [3.05, 3.63) is 57.5 Å². The normalized spacial score (nSPS) is 16.1. The number of amides is 1. The van der Waals surface area contributed by atoms with Crippen LogP contribution in [0.1, 0.15) is 84.3 Å². The molecule has 0 aliphatic heterocycles. The van der Waals surface area contributed by atoms with Gasteiger partial charge in [0.2, 0.25) is 5.91 Å². The molecular weight excluding hydrogens is 382 g/mol. The maximum absolute atomic E-state index is 12.6. The number of benzene rings is 1. The van der Waals surface area contributed by atoms with Gasteiger partial charge in [0.1, 0.15) is 5.00 Å². The zero-order valence-electron chi connectivity index (χ0n) is 17.6. The van der Waals surface area contributed by atoms with E-state index in [1.54, 1.807) is 13.0 Å². The molecule has 1 aliphatic rings. The molecule has 1 aliphatic carbocycles. The summed E-state index contributed by atoms with van der Waals surface area (Å²) in [4.78, 5) is 26.3. The van der Waals surface area contributed by atoms with Gasteiger partial charge >= 0.3 is 5.97 Å². The molecule has 3 rings (SSSR count). The molecule has 0 fully saturated rings. The van der Waals surface area contributed by atoms with Crippen molar-refractivity contribution in [2.75, 3.05) is 11.9 Å². The highest BCUT2D eigenvalue weighted by Crippen LogP contribution is 2.43. The van der Waals surface area contributed by atoms with Gasteiger partial charge in [-0.3, -0.25) is 4.79 Å².